The predicted octanol–water partition coefficient (Wildman–Crippen LogP) is 2.43. The number of esters is 1. The Labute approximate surface area is 133 Å². The summed E-state index contributed by atoms with van der Waals surface area (Å²) >= 11 is 5.95. The Morgan fingerprint density at radius 3 is 2.86 bits per heavy atom. The number of rotatable bonds is 5. The van der Waals surface area contributed by atoms with Gasteiger partial charge in [-0.3, -0.25) is 9.59 Å². The molecule has 1 aromatic heterocycles. The Balaban J connectivity index is 1.61. The second-order valence-corrected chi connectivity index (χ2v) is 6.02. The number of carbonyl (C=O) groups is 2. The minimum absolute atomic E-state index is 0.234. The van der Waals surface area contributed by atoms with Crippen molar-refractivity contribution in [2.75, 3.05) is 13.7 Å². The molecule has 0 radical (unpaired) electrons. The van der Waals surface area contributed by atoms with E-state index in [0.29, 0.717) is 30.8 Å². The summed E-state index contributed by atoms with van der Waals surface area (Å²) in [4.78, 5) is 26.9. The number of amides is 1. The number of ether oxygens (including phenoxy) is 1. The minimum atomic E-state index is -0.942. The fourth-order valence-corrected chi connectivity index (χ4v) is 2.86. The lowest BCUT2D eigenvalue weighted by Gasteiger charge is -2.12. The first-order chi connectivity index (χ1) is 10.6. The van der Waals surface area contributed by atoms with E-state index in [1.54, 1.807) is 0 Å². The van der Waals surface area contributed by atoms with Gasteiger partial charge in [-0.1, -0.05) is 17.7 Å². The highest BCUT2D eigenvalue weighted by molar-refractivity contribution is 6.31. The molecule has 1 amide bonds. The highest BCUT2D eigenvalue weighted by Crippen LogP contribution is 2.46. The van der Waals surface area contributed by atoms with Gasteiger partial charge in [0.05, 0.1) is 7.11 Å². The van der Waals surface area contributed by atoms with Crippen LogP contribution >= 0.6 is 11.6 Å². The highest BCUT2D eigenvalue weighted by atomic mass is 35.5. The maximum absolute atomic E-state index is 12.1. The lowest BCUT2D eigenvalue weighted by molar-refractivity contribution is -0.152. The number of carbonyl (C=O) groups excluding carboxylic acids is 2. The lowest BCUT2D eigenvalue weighted by Crippen LogP contribution is -2.38. The van der Waals surface area contributed by atoms with Gasteiger partial charge in [-0.15, -0.1) is 0 Å². The molecule has 1 fully saturated rings. The molecule has 2 aromatic rings. The molecule has 1 aliphatic rings. The zero-order valence-electron chi connectivity index (χ0n) is 12.2. The van der Waals surface area contributed by atoms with Crippen LogP contribution in [-0.2, 0) is 20.7 Å². The van der Waals surface area contributed by atoms with Gasteiger partial charge in [-0.2, -0.15) is 0 Å². The van der Waals surface area contributed by atoms with Crippen molar-refractivity contribution in [3.8, 4) is 0 Å². The Bertz CT molecular complexity index is 734. The van der Waals surface area contributed by atoms with Crippen LogP contribution < -0.4 is 5.32 Å². The molecular formula is C16H17ClN2O3. The Morgan fingerprint density at radius 1 is 1.41 bits per heavy atom. The maximum atomic E-state index is 12.1. The summed E-state index contributed by atoms with van der Waals surface area (Å²) in [5.41, 5.74) is 1.14. The van der Waals surface area contributed by atoms with Crippen LogP contribution in [0.2, 0.25) is 5.02 Å². The van der Waals surface area contributed by atoms with Gasteiger partial charge < -0.3 is 15.0 Å². The van der Waals surface area contributed by atoms with Gasteiger partial charge in [0.15, 0.2) is 0 Å². The summed E-state index contributed by atoms with van der Waals surface area (Å²) in [7, 11) is 1.31. The largest absolute Gasteiger partial charge is 0.468 e. The van der Waals surface area contributed by atoms with Crippen LogP contribution in [0.3, 0.4) is 0 Å². The molecule has 6 heteroatoms. The van der Waals surface area contributed by atoms with E-state index in [2.05, 4.69) is 10.3 Å². The molecule has 116 valence electrons. The molecule has 22 heavy (non-hydrogen) atoms. The van der Waals surface area contributed by atoms with Crippen LogP contribution in [0.15, 0.2) is 24.4 Å². The number of halogens is 1. The fraction of sp³-hybridized carbons (Fsp3) is 0.375. The number of aromatic nitrogens is 1. The van der Waals surface area contributed by atoms with E-state index in [1.165, 1.54) is 7.11 Å². The third kappa shape index (κ3) is 2.57. The molecule has 3 rings (SSSR count). The topological polar surface area (TPSA) is 71.2 Å². The molecule has 1 aliphatic carbocycles. The molecule has 0 aliphatic heterocycles. The molecule has 5 nitrogen and oxygen atoms in total. The first-order valence-corrected chi connectivity index (χ1v) is 7.57. The van der Waals surface area contributed by atoms with Gasteiger partial charge in [0.2, 0.25) is 5.91 Å². The SMILES string of the molecule is COC(=O)C1(C(=O)NCCc2c[nH]c3cc(Cl)ccc23)CC1. The van der Waals surface area contributed by atoms with E-state index in [0.717, 1.165) is 16.5 Å². The Morgan fingerprint density at radius 2 is 2.18 bits per heavy atom. The Hall–Kier alpha value is -2.01. The number of H-pyrrole nitrogens is 1. The quantitative estimate of drug-likeness (QED) is 0.656. The number of fused-ring (bicyclic) bond motifs is 1. The van der Waals surface area contributed by atoms with Gasteiger partial charge in [-0.25, -0.2) is 0 Å². The van der Waals surface area contributed by atoms with Crippen molar-refractivity contribution < 1.29 is 14.3 Å². The van der Waals surface area contributed by atoms with Crippen molar-refractivity contribution in [3.63, 3.8) is 0 Å². The first kappa shape index (κ1) is 14.9. The zero-order chi connectivity index (χ0) is 15.7. The average Bonchev–Trinajstić information content (AvgIpc) is 3.24. The van der Waals surface area contributed by atoms with E-state index in [1.807, 2.05) is 24.4 Å². The summed E-state index contributed by atoms with van der Waals surface area (Å²) in [5, 5.41) is 4.61. The second-order valence-electron chi connectivity index (χ2n) is 5.58. The molecule has 0 bridgehead atoms. The van der Waals surface area contributed by atoms with Crippen molar-refractivity contribution in [2.24, 2.45) is 5.41 Å². The summed E-state index contributed by atoms with van der Waals surface area (Å²) in [6.45, 7) is 0.479. The fourth-order valence-electron chi connectivity index (χ4n) is 2.69. The highest BCUT2D eigenvalue weighted by Gasteiger charge is 2.57. The minimum Gasteiger partial charge on any atom is -0.468 e. The Kier molecular flexibility index (Phi) is 3.83. The van der Waals surface area contributed by atoms with Crippen molar-refractivity contribution in [2.45, 2.75) is 19.3 Å². The molecule has 2 N–H and O–H groups in total. The van der Waals surface area contributed by atoms with Crippen molar-refractivity contribution in [3.05, 3.63) is 35.0 Å². The van der Waals surface area contributed by atoms with Crippen LogP contribution in [0.4, 0.5) is 0 Å². The monoisotopic (exact) mass is 320 g/mol. The number of hydrogen-bond acceptors (Lipinski definition) is 3. The van der Waals surface area contributed by atoms with Crippen LogP contribution in [0.1, 0.15) is 18.4 Å². The first-order valence-electron chi connectivity index (χ1n) is 7.19. The van der Waals surface area contributed by atoms with Crippen molar-refractivity contribution >= 4 is 34.4 Å². The molecule has 1 heterocycles. The number of methoxy groups -OCH3 is 1. The number of hydrogen-bond donors (Lipinski definition) is 2. The molecule has 0 unspecified atom stereocenters. The van der Waals surface area contributed by atoms with Gasteiger partial charge in [0.25, 0.3) is 0 Å². The van der Waals surface area contributed by atoms with E-state index in [9.17, 15) is 9.59 Å². The van der Waals surface area contributed by atoms with Crippen LogP contribution in [0, 0.1) is 5.41 Å². The van der Waals surface area contributed by atoms with Gasteiger partial charge in [0, 0.05) is 28.7 Å². The van der Waals surface area contributed by atoms with Crippen LogP contribution in [0.25, 0.3) is 10.9 Å². The molecule has 1 saturated carbocycles. The van der Waals surface area contributed by atoms with Gasteiger partial charge in [-0.05, 0) is 37.0 Å². The molecule has 0 spiro atoms. The third-order valence-corrected chi connectivity index (χ3v) is 4.41. The number of nitrogens with one attached hydrogen (secondary N) is 2. The van der Waals surface area contributed by atoms with E-state index in [4.69, 9.17) is 16.3 Å². The van der Waals surface area contributed by atoms with Crippen LogP contribution in [0.5, 0.6) is 0 Å². The maximum Gasteiger partial charge on any atom is 0.321 e. The predicted molar refractivity (Wildman–Crippen MR) is 83.7 cm³/mol. The second kappa shape index (κ2) is 5.65. The van der Waals surface area contributed by atoms with E-state index < -0.39 is 11.4 Å². The van der Waals surface area contributed by atoms with E-state index in [-0.39, 0.29) is 5.91 Å². The summed E-state index contributed by atoms with van der Waals surface area (Å²) in [6.07, 6.45) is 3.74. The molecule has 0 atom stereocenters. The summed E-state index contributed by atoms with van der Waals surface area (Å²) in [5.74, 6) is -0.672. The summed E-state index contributed by atoms with van der Waals surface area (Å²) < 4.78 is 4.70. The average molecular weight is 321 g/mol. The van der Waals surface area contributed by atoms with Crippen molar-refractivity contribution in [1.29, 1.82) is 0 Å². The smallest absolute Gasteiger partial charge is 0.321 e. The summed E-state index contributed by atoms with van der Waals surface area (Å²) in [6, 6.07) is 5.67. The molecule has 1 aromatic carbocycles. The van der Waals surface area contributed by atoms with Crippen LogP contribution in [-0.4, -0.2) is 30.5 Å². The standard InChI is InChI=1S/C16H17ClN2O3/c1-22-15(21)16(5-6-16)14(20)18-7-4-10-9-19-13-8-11(17)2-3-12(10)13/h2-3,8-9,19H,4-7H2,1H3,(H,18,20). The normalized spacial score (nSPS) is 15.5. The van der Waals surface area contributed by atoms with E-state index >= 15 is 0 Å². The number of aromatic amines is 1. The lowest BCUT2D eigenvalue weighted by atomic mass is 10.1. The van der Waals surface area contributed by atoms with Gasteiger partial charge >= 0.3 is 5.97 Å². The zero-order valence-corrected chi connectivity index (χ0v) is 13.0. The van der Waals surface area contributed by atoms with Gasteiger partial charge in [0.1, 0.15) is 5.41 Å². The molecular weight excluding hydrogens is 304 g/mol. The number of benzene rings is 1. The van der Waals surface area contributed by atoms with Crippen molar-refractivity contribution in [1.82, 2.24) is 10.3 Å². The molecule has 0 saturated heterocycles. The third-order valence-electron chi connectivity index (χ3n) is 4.17.